The first-order valence-corrected chi connectivity index (χ1v) is 10.4. The highest BCUT2D eigenvalue weighted by atomic mass is 35.5. The van der Waals surface area contributed by atoms with Crippen molar-refractivity contribution in [1.82, 2.24) is 9.47 Å². The van der Waals surface area contributed by atoms with Crippen LogP contribution < -0.4 is 0 Å². The van der Waals surface area contributed by atoms with Gasteiger partial charge in [0.25, 0.3) is 0 Å². The number of aromatic nitrogens is 1. The summed E-state index contributed by atoms with van der Waals surface area (Å²) in [5, 5.41) is 14.3. The predicted molar refractivity (Wildman–Crippen MR) is 117 cm³/mol. The molecule has 1 aliphatic rings. The molecule has 1 fully saturated rings. The van der Waals surface area contributed by atoms with Crippen molar-refractivity contribution in [2.24, 2.45) is 0 Å². The molecule has 1 N–H and O–H groups in total. The van der Waals surface area contributed by atoms with Crippen LogP contribution in [0.25, 0.3) is 21.8 Å². The quantitative estimate of drug-likeness (QED) is 0.538. The Morgan fingerprint density at radius 3 is 2.10 bits per heavy atom. The van der Waals surface area contributed by atoms with E-state index in [2.05, 4.69) is 4.57 Å². The summed E-state index contributed by atoms with van der Waals surface area (Å²) in [7, 11) is 0. The number of halogens is 2. The second-order valence-corrected chi connectivity index (χ2v) is 9.42. The zero-order valence-electron chi connectivity index (χ0n) is 16.7. The van der Waals surface area contributed by atoms with Crippen LogP contribution in [0, 0.1) is 0 Å². The van der Waals surface area contributed by atoms with E-state index in [4.69, 9.17) is 27.9 Å². The highest BCUT2D eigenvalue weighted by Crippen LogP contribution is 2.38. The number of likely N-dealkylation sites (tertiary alicyclic amines) is 1. The van der Waals surface area contributed by atoms with E-state index in [0.29, 0.717) is 23.0 Å². The summed E-state index contributed by atoms with van der Waals surface area (Å²) in [4.78, 5) is 14.0. The van der Waals surface area contributed by atoms with Crippen LogP contribution in [0.5, 0.6) is 0 Å². The molecule has 4 rings (SSSR count). The van der Waals surface area contributed by atoms with Crippen LogP contribution in [0.4, 0.5) is 4.79 Å². The number of aliphatic hydroxyl groups excluding tert-OH is 1. The third-order valence-corrected chi connectivity index (χ3v) is 5.73. The molecule has 2 atom stereocenters. The van der Waals surface area contributed by atoms with Crippen molar-refractivity contribution < 1.29 is 14.6 Å². The molecule has 0 bridgehead atoms. The van der Waals surface area contributed by atoms with Crippen molar-refractivity contribution in [3.63, 3.8) is 0 Å². The maximum absolute atomic E-state index is 12.4. The van der Waals surface area contributed by atoms with Gasteiger partial charge in [-0.2, -0.15) is 0 Å². The maximum atomic E-state index is 12.4. The minimum Gasteiger partial charge on any atom is -0.444 e. The maximum Gasteiger partial charge on any atom is 0.410 e. The molecule has 2 heterocycles. The summed E-state index contributed by atoms with van der Waals surface area (Å²) in [5.74, 6) is 0. The molecule has 1 amide bonds. The smallest absolute Gasteiger partial charge is 0.410 e. The van der Waals surface area contributed by atoms with Crippen LogP contribution >= 0.6 is 23.2 Å². The summed E-state index contributed by atoms with van der Waals surface area (Å²) in [6.07, 6.45) is -0.498. The number of benzene rings is 2. The predicted octanol–water partition coefficient (Wildman–Crippen LogP) is 5.64. The first-order chi connectivity index (χ1) is 13.6. The van der Waals surface area contributed by atoms with Gasteiger partial charge in [-0.15, -0.1) is 0 Å². The Hall–Kier alpha value is -1.95. The number of nitrogens with zero attached hydrogens (tertiary/aromatic N) is 2. The summed E-state index contributed by atoms with van der Waals surface area (Å²) >= 11 is 12.5. The SMILES string of the molecule is CC(C)(C)OC(=O)N1CC[C@H](n2c3ccc(Cl)cc3c3cc(Cl)ccc32)[C@@H](O)C1. The van der Waals surface area contributed by atoms with Crippen LogP contribution in [0.15, 0.2) is 36.4 Å². The molecule has 5 nitrogen and oxygen atoms in total. The van der Waals surface area contributed by atoms with Crippen molar-refractivity contribution in [2.45, 2.75) is 44.9 Å². The van der Waals surface area contributed by atoms with Gasteiger partial charge in [0.15, 0.2) is 0 Å². The summed E-state index contributed by atoms with van der Waals surface area (Å²) < 4.78 is 7.61. The largest absolute Gasteiger partial charge is 0.444 e. The average molecular weight is 435 g/mol. The molecule has 1 aliphatic heterocycles. The summed E-state index contributed by atoms with van der Waals surface area (Å²) in [6.45, 7) is 6.24. The first-order valence-electron chi connectivity index (χ1n) is 9.69. The zero-order valence-corrected chi connectivity index (χ0v) is 18.2. The topological polar surface area (TPSA) is 54.7 Å². The number of carbonyl (C=O) groups is 1. The fourth-order valence-electron chi connectivity index (χ4n) is 4.07. The van der Waals surface area contributed by atoms with Gasteiger partial charge in [-0.25, -0.2) is 4.79 Å². The van der Waals surface area contributed by atoms with E-state index in [1.807, 2.05) is 57.2 Å². The summed E-state index contributed by atoms with van der Waals surface area (Å²) in [5.41, 5.74) is 1.41. The van der Waals surface area contributed by atoms with Crippen molar-refractivity contribution >= 4 is 51.1 Å². The lowest BCUT2D eigenvalue weighted by Gasteiger charge is -2.37. The molecule has 154 valence electrons. The Kier molecular flexibility index (Phi) is 5.18. The molecule has 0 spiro atoms. The minimum absolute atomic E-state index is 0.170. The van der Waals surface area contributed by atoms with E-state index >= 15 is 0 Å². The number of β-amino-alcohol motifs (C(OH)–C–C–N with tert-alkyl or cyclic N) is 1. The van der Waals surface area contributed by atoms with Gasteiger partial charge in [-0.05, 0) is 63.6 Å². The van der Waals surface area contributed by atoms with Gasteiger partial charge in [0.05, 0.1) is 18.7 Å². The number of ether oxygens (including phenoxy) is 1. The number of fused-ring (bicyclic) bond motifs is 3. The molecule has 2 aromatic carbocycles. The third kappa shape index (κ3) is 3.91. The fraction of sp³-hybridized carbons (Fsp3) is 0.409. The van der Waals surface area contributed by atoms with E-state index in [0.717, 1.165) is 21.8 Å². The number of aliphatic hydroxyl groups is 1. The second-order valence-electron chi connectivity index (χ2n) is 8.54. The number of hydrogen-bond donors (Lipinski definition) is 1. The van der Waals surface area contributed by atoms with Gasteiger partial charge in [0.2, 0.25) is 0 Å². The second kappa shape index (κ2) is 7.38. The van der Waals surface area contributed by atoms with Gasteiger partial charge in [0, 0.05) is 38.4 Å². The monoisotopic (exact) mass is 434 g/mol. The van der Waals surface area contributed by atoms with Crippen molar-refractivity contribution in [3.05, 3.63) is 46.4 Å². The fourth-order valence-corrected chi connectivity index (χ4v) is 4.41. The number of piperidine rings is 1. The highest BCUT2D eigenvalue weighted by molar-refractivity contribution is 6.33. The molecule has 3 aromatic rings. The van der Waals surface area contributed by atoms with Gasteiger partial charge in [-0.3, -0.25) is 0 Å². The van der Waals surface area contributed by atoms with Crippen molar-refractivity contribution in [2.75, 3.05) is 13.1 Å². The van der Waals surface area contributed by atoms with E-state index in [1.54, 1.807) is 4.90 Å². The van der Waals surface area contributed by atoms with E-state index in [9.17, 15) is 9.90 Å². The Balaban J connectivity index is 1.71. The Morgan fingerprint density at radius 2 is 1.62 bits per heavy atom. The molecule has 0 radical (unpaired) electrons. The van der Waals surface area contributed by atoms with Gasteiger partial charge in [-0.1, -0.05) is 23.2 Å². The molecule has 0 aliphatic carbocycles. The van der Waals surface area contributed by atoms with Gasteiger partial charge in [0.1, 0.15) is 5.60 Å². The molecule has 0 saturated carbocycles. The van der Waals surface area contributed by atoms with Crippen LogP contribution in [-0.4, -0.2) is 45.5 Å². The lowest BCUT2D eigenvalue weighted by atomic mass is 10.0. The van der Waals surface area contributed by atoms with Crippen LogP contribution in [-0.2, 0) is 4.74 Å². The zero-order chi connectivity index (χ0) is 20.9. The Bertz CT molecular complexity index is 1030. The summed E-state index contributed by atoms with van der Waals surface area (Å²) in [6, 6.07) is 11.3. The number of carbonyl (C=O) groups excluding carboxylic acids is 1. The third-order valence-electron chi connectivity index (χ3n) is 5.26. The molecular formula is C22H24Cl2N2O3. The standard InChI is InChI=1S/C22H24Cl2N2O3/c1-22(2,3)29-21(28)25-9-8-19(20(27)12-25)26-17-6-4-13(23)10-15(17)16-11-14(24)5-7-18(16)26/h4-7,10-11,19-20,27H,8-9,12H2,1-3H3/t19-,20-/m0/s1. The molecule has 29 heavy (non-hydrogen) atoms. The Labute approximate surface area is 179 Å². The normalized spacial score (nSPS) is 20.4. The van der Waals surface area contributed by atoms with E-state index in [1.165, 1.54) is 0 Å². The van der Waals surface area contributed by atoms with Crippen LogP contribution in [0.2, 0.25) is 10.0 Å². The number of amides is 1. The molecule has 7 heteroatoms. The molecular weight excluding hydrogens is 411 g/mol. The number of hydrogen-bond acceptors (Lipinski definition) is 3. The molecule has 1 saturated heterocycles. The van der Waals surface area contributed by atoms with Crippen molar-refractivity contribution in [1.29, 1.82) is 0 Å². The number of rotatable bonds is 1. The van der Waals surface area contributed by atoms with Gasteiger partial charge < -0.3 is 19.3 Å². The van der Waals surface area contributed by atoms with Crippen molar-refractivity contribution in [3.8, 4) is 0 Å². The van der Waals surface area contributed by atoms with E-state index < -0.39 is 17.8 Å². The molecule has 0 unspecified atom stereocenters. The van der Waals surface area contributed by atoms with Crippen LogP contribution in [0.1, 0.15) is 33.2 Å². The Morgan fingerprint density at radius 1 is 1.07 bits per heavy atom. The first kappa shape index (κ1) is 20.3. The minimum atomic E-state index is -0.721. The molecule has 1 aromatic heterocycles. The average Bonchev–Trinajstić information content (AvgIpc) is 2.93. The lowest BCUT2D eigenvalue weighted by Crippen LogP contribution is -2.48. The van der Waals surface area contributed by atoms with E-state index in [-0.39, 0.29) is 12.6 Å². The lowest BCUT2D eigenvalue weighted by molar-refractivity contribution is -0.00880. The highest BCUT2D eigenvalue weighted by Gasteiger charge is 2.34. The van der Waals surface area contributed by atoms with Crippen LogP contribution in [0.3, 0.4) is 0 Å². The van der Waals surface area contributed by atoms with Gasteiger partial charge >= 0.3 is 6.09 Å².